The second-order valence-electron chi connectivity index (χ2n) is 21.3. The molecule has 0 fully saturated rings. The van der Waals surface area contributed by atoms with E-state index in [4.69, 9.17) is 5.11 Å². The summed E-state index contributed by atoms with van der Waals surface area (Å²) in [4.78, 5) is 35.1. The van der Waals surface area contributed by atoms with Gasteiger partial charge >= 0.3 is 5.97 Å². The zero-order valence-electron chi connectivity index (χ0n) is 54.4. The molecule has 100 heavy (non-hydrogen) atoms. The minimum atomic E-state index is -0.990. The Hall–Kier alpha value is -9.24. The van der Waals surface area contributed by atoms with Crippen molar-refractivity contribution in [2.24, 2.45) is 35.2 Å². The molecule has 1 N–H and O–H groups in total. The molecule has 13 nitrogen and oxygen atoms in total. The van der Waals surface area contributed by atoms with E-state index >= 15 is 0 Å². The molecule has 0 bridgehead atoms. The number of hydrogen-bond acceptors (Lipinski definition) is 7. The predicted molar refractivity (Wildman–Crippen MR) is 370 cm³/mol. The average molecular weight is 2210 g/mol. The molecule has 6 heterocycles. The molecule has 0 spiro atoms. The number of carboxylic acids is 1. The number of aromatic nitrogens is 11. The Labute approximate surface area is 649 Å². The Morgan fingerprint density at radius 2 is 0.890 bits per heavy atom. The van der Waals surface area contributed by atoms with Crippen LogP contribution in [0.5, 0.6) is 0 Å². The number of benzene rings is 9. The fourth-order valence-electron chi connectivity index (χ4n) is 9.76. The summed E-state index contributed by atoms with van der Waals surface area (Å²) in [5.41, 5.74) is 14.6. The van der Waals surface area contributed by atoms with Crippen molar-refractivity contribution in [3.8, 4) is 101 Å². The van der Waals surface area contributed by atoms with E-state index in [0.29, 0.717) is 11.3 Å². The van der Waals surface area contributed by atoms with Crippen LogP contribution >= 0.6 is 0 Å². The monoisotopic (exact) mass is 2210 g/mol. The quantitative estimate of drug-likeness (QED) is 0.134. The number of carbonyl (C=O) groups is 1. The van der Waals surface area contributed by atoms with Crippen molar-refractivity contribution in [2.45, 2.75) is 0 Å². The maximum atomic E-state index is 12.8. The SMILES string of the molecule is Cn1ccnc1-c1[c-]c(-c2ccccc2)ccc1.Cn1ccnc1-c1[c-]cc(-c2ccccc2)cc1.Cn1ccnc1-c1[c-]ccc(-c2ccccc2)c1.Cn1ccnc1-c1[c-]cccc1-c1ccccc1.Cn1cnc(-c2[c-]cc(F)c(F)c2)c1.O=C(O)c1ccccn1.[Ir].[Ir].[Ir].[Ir].[Ir]. The Kier molecular flexibility index (Phi) is 33.7. The number of hydrogen-bond donors (Lipinski definition) is 1. The van der Waals surface area contributed by atoms with Crippen LogP contribution in [-0.4, -0.2) is 63.8 Å². The molecule has 9 aromatic carbocycles. The van der Waals surface area contributed by atoms with Crippen molar-refractivity contribution in [1.82, 2.24) is 52.7 Å². The Morgan fingerprint density at radius 1 is 0.380 bits per heavy atom. The van der Waals surface area contributed by atoms with Crippen molar-refractivity contribution in [3.05, 3.63) is 340 Å². The first-order valence-electron chi connectivity index (χ1n) is 30.0. The molecule has 6 aromatic heterocycles. The Morgan fingerprint density at radius 3 is 1.38 bits per heavy atom. The second-order valence-corrected chi connectivity index (χ2v) is 21.3. The summed E-state index contributed by atoms with van der Waals surface area (Å²) in [5.74, 6) is 0.981. The molecule has 0 aliphatic carbocycles. The Bertz CT molecular complexity index is 4740. The average Bonchev–Trinajstić information content (AvgIpc) is 1.50. The molecule has 515 valence electrons. The molecule has 15 rings (SSSR count). The maximum absolute atomic E-state index is 12.8. The van der Waals surface area contributed by atoms with Gasteiger partial charge in [0.2, 0.25) is 0 Å². The second kappa shape index (κ2) is 41.4. The molecular weight excluding hydrogens is 2150 g/mol. The minimum absolute atomic E-state index is 0. The van der Waals surface area contributed by atoms with Gasteiger partial charge in [-0.3, -0.25) is 29.3 Å². The van der Waals surface area contributed by atoms with Gasteiger partial charge in [-0.1, -0.05) is 161 Å². The van der Waals surface area contributed by atoms with Crippen molar-refractivity contribution in [2.75, 3.05) is 0 Å². The number of rotatable bonds is 10. The first-order chi connectivity index (χ1) is 46.4. The molecule has 20 heteroatoms. The molecule has 0 saturated carbocycles. The van der Waals surface area contributed by atoms with Crippen molar-refractivity contribution < 1.29 is 119 Å². The third-order valence-corrected chi connectivity index (χ3v) is 14.6. The molecule has 0 saturated heterocycles. The van der Waals surface area contributed by atoms with E-state index in [1.54, 1.807) is 54.9 Å². The van der Waals surface area contributed by atoms with Crippen LogP contribution in [0.3, 0.4) is 0 Å². The fourth-order valence-corrected chi connectivity index (χ4v) is 9.76. The summed E-state index contributed by atoms with van der Waals surface area (Å²) in [6.45, 7) is 0. The normalized spacial score (nSPS) is 9.83. The fraction of sp³-hybridized carbons (Fsp3) is 0.0625. The Balaban J connectivity index is 0.000000216. The van der Waals surface area contributed by atoms with E-state index in [2.05, 4.69) is 145 Å². The van der Waals surface area contributed by atoms with E-state index in [1.807, 2.05) is 187 Å². The van der Waals surface area contributed by atoms with Gasteiger partial charge in [-0.05, 0) is 23.9 Å². The van der Waals surface area contributed by atoms with Gasteiger partial charge in [-0.25, -0.2) is 14.2 Å². The van der Waals surface area contributed by atoms with E-state index in [0.717, 1.165) is 68.8 Å². The molecule has 15 aromatic rings. The third-order valence-electron chi connectivity index (χ3n) is 14.6. The van der Waals surface area contributed by atoms with E-state index in [-0.39, 0.29) is 106 Å². The van der Waals surface area contributed by atoms with Crippen molar-refractivity contribution in [3.63, 3.8) is 0 Å². The van der Waals surface area contributed by atoms with Gasteiger partial charge in [0.05, 0.1) is 41.3 Å². The zero-order valence-corrected chi connectivity index (χ0v) is 66.4. The van der Waals surface area contributed by atoms with Crippen LogP contribution in [0.15, 0.2) is 293 Å². The number of halogens is 2. The first kappa shape index (κ1) is 81.4. The predicted octanol–water partition coefficient (Wildman–Crippen LogP) is 17.1. The van der Waals surface area contributed by atoms with Crippen LogP contribution in [0.4, 0.5) is 8.78 Å². The summed E-state index contributed by atoms with van der Waals surface area (Å²) >= 11 is 0. The third kappa shape index (κ3) is 22.6. The standard InChI is InChI=1S/4C16H13N2.C10H7F2N2.C6H5NO2.5Ir/c1-18-12-11-17-16(18)15-10-6-5-9-14(15)13-7-3-2-4-8-13;2*1-18-11-10-17-16(18)15-9-5-8-14(12-15)13-6-3-2-4-7-13;1-18-12-11-17-16(18)15-9-7-14(8-10-15)13-5-3-2-4-6-13;1-14-5-10(13-6-14)7-2-3-8(11)9(12)4-7;8-6(9)5-3-1-2-4-7-5;;;;;/h2-9,11-12H,1H3;2-8,10-12H,1H3;2-11H,1H3;2-9,11-12H,1H3;3-6H,1H3;1-4H,(H,8,9);;;;;/q5*-1;;;;;;. The zero-order chi connectivity index (χ0) is 66.3. The van der Waals surface area contributed by atoms with E-state index in [1.165, 1.54) is 45.6 Å². The van der Waals surface area contributed by atoms with Crippen LogP contribution in [-0.2, 0) is 136 Å². The van der Waals surface area contributed by atoms with Crippen molar-refractivity contribution in [1.29, 1.82) is 0 Å². The van der Waals surface area contributed by atoms with Crippen LogP contribution in [0.2, 0.25) is 0 Å². The summed E-state index contributed by atoms with van der Waals surface area (Å²) in [7, 11) is 9.77. The number of nitrogens with zero attached hydrogens (tertiary/aromatic N) is 11. The molecular formula is C80H64F2Ir5N11O2-5. The minimum Gasteiger partial charge on any atom is -0.477 e. The van der Waals surface area contributed by atoms with Gasteiger partial charge in [0.25, 0.3) is 0 Å². The van der Waals surface area contributed by atoms with Gasteiger partial charge in [0.15, 0.2) is 0 Å². The maximum Gasteiger partial charge on any atom is 0.354 e. The molecule has 0 amide bonds. The number of pyridine rings is 1. The number of aromatic carboxylic acids is 1. The van der Waals surface area contributed by atoms with Gasteiger partial charge in [0.1, 0.15) is 5.69 Å². The van der Waals surface area contributed by atoms with Gasteiger partial charge < -0.3 is 27.9 Å². The summed E-state index contributed by atoms with van der Waals surface area (Å²) in [5, 5.41) is 8.32. The largest absolute Gasteiger partial charge is 0.477 e. The smallest absolute Gasteiger partial charge is 0.354 e. The van der Waals surface area contributed by atoms with Crippen LogP contribution in [0.1, 0.15) is 10.5 Å². The van der Waals surface area contributed by atoms with Gasteiger partial charge in [-0.15, -0.1) is 149 Å². The number of imidazole rings is 5. The van der Waals surface area contributed by atoms with Crippen LogP contribution < -0.4 is 0 Å². The van der Waals surface area contributed by atoms with Crippen LogP contribution in [0, 0.1) is 42.0 Å². The van der Waals surface area contributed by atoms with Crippen molar-refractivity contribution >= 4 is 5.97 Å². The van der Waals surface area contributed by atoms with E-state index < -0.39 is 17.6 Å². The molecule has 0 atom stereocenters. The van der Waals surface area contributed by atoms with Gasteiger partial charge in [0, 0.05) is 197 Å². The summed E-state index contributed by atoms with van der Waals surface area (Å²) in [6.07, 6.45) is 19.7. The summed E-state index contributed by atoms with van der Waals surface area (Å²) < 4.78 is 35.2. The molecule has 5 radical (unpaired) electrons. The van der Waals surface area contributed by atoms with Crippen LogP contribution in [0.25, 0.3) is 101 Å². The molecule has 0 aliphatic heterocycles. The first-order valence-corrected chi connectivity index (χ1v) is 30.0. The number of carboxylic acid groups (broad SMARTS) is 1. The van der Waals surface area contributed by atoms with Gasteiger partial charge in [-0.2, -0.15) is 0 Å². The summed E-state index contributed by atoms with van der Waals surface area (Å²) in [6, 6.07) is 88.5. The number of aryl methyl sites for hydroxylation is 5. The van der Waals surface area contributed by atoms with E-state index in [9.17, 15) is 13.6 Å². The molecule has 0 unspecified atom stereocenters. The molecule has 0 aliphatic rings. The topological polar surface area (TPSA) is 139 Å².